The maximum atomic E-state index is 13.6. The molecule has 1 atom stereocenters. The molecule has 1 aliphatic heterocycles. The lowest BCUT2D eigenvalue weighted by molar-refractivity contribution is 0.248. The van der Waals surface area contributed by atoms with Gasteiger partial charge in [0.2, 0.25) is 0 Å². The molecular formula is C12H15BrFN. The lowest BCUT2D eigenvalue weighted by Crippen LogP contribution is -2.31. The first-order valence-electron chi connectivity index (χ1n) is 5.30. The van der Waals surface area contributed by atoms with E-state index in [2.05, 4.69) is 27.9 Å². The van der Waals surface area contributed by atoms with Crippen LogP contribution in [-0.4, -0.2) is 25.0 Å². The molecule has 82 valence electrons. The minimum atomic E-state index is -0.0708. The smallest absolute Gasteiger partial charge is 0.126 e. The molecule has 0 spiro atoms. The van der Waals surface area contributed by atoms with Crippen molar-refractivity contribution >= 4 is 15.9 Å². The third-order valence-electron chi connectivity index (χ3n) is 3.02. The van der Waals surface area contributed by atoms with Crippen LogP contribution in [0.25, 0.3) is 0 Å². The maximum Gasteiger partial charge on any atom is 0.126 e. The van der Waals surface area contributed by atoms with E-state index in [-0.39, 0.29) is 5.82 Å². The highest BCUT2D eigenvalue weighted by Crippen LogP contribution is 2.29. The number of hydrogen-bond acceptors (Lipinski definition) is 1. The quantitative estimate of drug-likeness (QED) is 0.757. The molecule has 0 bridgehead atoms. The van der Waals surface area contributed by atoms with Crippen molar-refractivity contribution in [3.63, 3.8) is 0 Å². The van der Waals surface area contributed by atoms with Crippen LogP contribution in [0.2, 0.25) is 0 Å². The number of likely N-dealkylation sites (N-methyl/N-ethyl adjacent to an activating group) is 1. The summed E-state index contributed by atoms with van der Waals surface area (Å²) in [5.74, 6) is 0.278. The zero-order chi connectivity index (χ0) is 10.8. The molecule has 1 fully saturated rings. The summed E-state index contributed by atoms with van der Waals surface area (Å²) in [6, 6.07) is 5.22. The van der Waals surface area contributed by atoms with Crippen LogP contribution in [0, 0.1) is 5.82 Å². The van der Waals surface area contributed by atoms with Gasteiger partial charge in [-0.2, -0.15) is 0 Å². The summed E-state index contributed by atoms with van der Waals surface area (Å²) >= 11 is 3.40. The Kier molecular flexibility index (Phi) is 3.42. The second-order valence-electron chi connectivity index (χ2n) is 4.27. The van der Waals surface area contributed by atoms with Crippen molar-refractivity contribution in [2.45, 2.75) is 18.8 Å². The number of benzene rings is 1. The average Bonchev–Trinajstić information content (AvgIpc) is 2.22. The van der Waals surface area contributed by atoms with Crippen molar-refractivity contribution in [2.75, 3.05) is 20.1 Å². The SMILES string of the molecule is CN1CCCC(c2cc(Br)ccc2F)C1. The van der Waals surface area contributed by atoms with Gasteiger partial charge in [-0.25, -0.2) is 4.39 Å². The Labute approximate surface area is 98.4 Å². The van der Waals surface area contributed by atoms with Crippen molar-refractivity contribution < 1.29 is 4.39 Å². The summed E-state index contributed by atoms with van der Waals surface area (Å²) in [6.45, 7) is 2.10. The van der Waals surface area contributed by atoms with E-state index in [4.69, 9.17) is 0 Å². The monoisotopic (exact) mass is 271 g/mol. The van der Waals surface area contributed by atoms with E-state index in [0.29, 0.717) is 5.92 Å². The summed E-state index contributed by atoms with van der Waals surface area (Å²) in [4.78, 5) is 2.27. The molecule has 1 heterocycles. The molecule has 3 heteroatoms. The van der Waals surface area contributed by atoms with Crippen LogP contribution in [0.4, 0.5) is 4.39 Å². The molecule has 0 saturated carbocycles. The van der Waals surface area contributed by atoms with Crippen molar-refractivity contribution in [3.8, 4) is 0 Å². The second kappa shape index (κ2) is 4.62. The van der Waals surface area contributed by atoms with E-state index in [9.17, 15) is 4.39 Å². The molecule has 0 amide bonds. The van der Waals surface area contributed by atoms with E-state index in [1.54, 1.807) is 12.1 Å². The normalized spacial score (nSPS) is 23.0. The molecular weight excluding hydrogens is 257 g/mol. The third kappa shape index (κ3) is 2.58. The summed E-state index contributed by atoms with van der Waals surface area (Å²) in [5.41, 5.74) is 0.857. The van der Waals surface area contributed by atoms with Gasteiger partial charge in [-0.15, -0.1) is 0 Å². The first kappa shape index (κ1) is 11.1. The van der Waals surface area contributed by atoms with Crippen molar-refractivity contribution in [2.24, 2.45) is 0 Å². The van der Waals surface area contributed by atoms with Crippen LogP contribution < -0.4 is 0 Å². The molecule has 0 aliphatic carbocycles. The van der Waals surface area contributed by atoms with Crippen molar-refractivity contribution in [3.05, 3.63) is 34.1 Å². The molecule has 0 N–H and O–H groups in total. The Morgan fingerprint density at radius 1 is 1.47 bits per heavy atom. The molecule has 2 rings (SSSR count). The van der Waals surface area contributed by atoms with Crippen LogP contribution in [0.5, 0.6) is 0 Å². The lowest BCUT2D eigenvalue weighted by Gasteiger charge is -2.30. The van der Waals surface area contributed by atoms with Crippen molar-refractivity contribution in [1.29, 1.82) is 0 Å². The standard InChI is InChI=1S/C12H15BrFN/c1-15-6-2-3-9(8-15)11-7-10(13)4-5-12(11)14/h4-5,7,9H,2-3,6,8H2,1H3. The van der Waals surface area contributed by atoms with Gasteiger partial charge in [0.25, 0.3) is 0 Å². The number of nitrogens with zero attached hydrogens (tertiary/aromatic N) is 1. The molecule has 1 nitrogen and oxygen atoms in total. The molecule has 1 aromatic rings. The third-order valence-corrected chi connectivity index (χ3v) is 3.52. The largest absolute Gasteiger partial charge is 0.306 e. The predicted molar refractivity (Wildman–Crippen MR) is 63.6 cm³/mol. The Morgan fingerprint density at radius 3 is 3.00 bits per heavy atom. The van der Waals surface area contributed by atoms with E-state index >= 15 is 0 Å². The maximum absolute atomic E-state index is 13.6. The van der Waals surface area contributed by atoms with E-state index in [1.807, 2.05) is 6.07 Å². The van der Waals surface area contributed by atoms with Crippen LogP contribution in [0.3, 0.4) is 0 Å². The topological polar surface area (TPSA) is 3.24 Å². The van der Waals surface area contributed by atoms with Gasteiger partial charge < -0.3 is 4.90 Å². The molecule has 0 aromatic heterocycles. The van der Waals surface area contributed by atoms with Gasteiger partial charge in [-0.1, -0.05) is 15.9 Å². The minimum absolute atomic E-state index is 0.0708. The van der Waals surface area contributed by atoms with Gasteiger partial charge in [-0.05, 0) is 56.1 Å². The fourth-order valence-corrected chi connectivity index (χ4v) is 2.63. The Hall–Kier alpha value is -0.410. The highest BCUT2D eigenvalue weighted by Gasteiger charge is 2.21. The highest BCUT2D eigenvalue weighted by atomic mass is 79.9. The second-order valence-corrected chi connectivity index (χ2v) is 5.18. The molecule has 1 aliphatic rings. The van der Waals surface area contributed by atoms with Gasteiger partial charge in [0.15, 0.2) is 0 Å². The Balaban J connectivity index is 2.24. The van der Waals surface area contributed by atoms with E-state index in [0.717, 1.165) is 36.0 Å². The minimum Gasteiger partial charge on any atom is -0.306 e. The van der Waals surface area contributed by atoms with Gasteiger partial charge >= 0.3 is 0 Å². The average molecular weight is 272 g/mol. The summed E-state index contributed by atoms with van der Waals surface area (Å²) in [5, 5.41) is 0. The van der Waals surface area contributed by atoms with E-state index in [1.165, 1.54) is 0 Å². The first-order chi connectivity index (χ1) is 7.16. The summed E-state index contributed by atoms with van der Waals surface area (Å²) < 4.78 is 14.6. The summed E-state index contributed by atoms with van der Waals surface area (Å²) in [7, 11) is 2.10. The zero-order valence-corrected chi connectivity index (χ0v) is 10.4. The number of halogens is 2. The summed E-state index contributed by atoms with van der Waals surface area (Å²) in [6.07, 6.45) is 2.25. The fourth-order valence-electron chi connectivity index (χ4n) is 2.25. The van der Waals surface area contributed by atoms with E-state index < -0.39 is 0 Å². The van der Waals surface area contributed by atoms with Crippen LogP contribution >= 0.6 is 15.9 Å². The van der Waals surface area contributed by atoms with Crippen molar-refractivity contribution in [1.82, 2.24) is 4.90 Å². The van der Waals surface area contributed by atoms with Gasteiger partial charge in [0.05, 0.1) is 0 Å². The molecule has 0 radical (unpaired) electrons. The molecule has 1 unspecified atom stereocenters. The molecule has 1 saturated heterocycles. The van der Waals surface area contributed by atoms with Crippen LogP contribution in [-0.2, 0) is 0 Å². The lowest BCUT2D eigenvalue weighted by atomic mass is 9.90. The fraction of sp³-hybridized carbons (Fsp3) is 0.500. The number of hydrogen-bond donors (Lipinski definition) is 0. The Morgan fingerprint density at radius 2 is 2.27 bits per heavy atom. The predicted octanol–water partition coefficient (Wildman–Crippen LogP) is 3.40. The number of likely N-dealkylation sites (tertiary alicyclic amines) is 1. The van der Waals surface area contributed by atoms with Gasteiger partial charge in [0.1, 0.15) is 5.82 Å². The van der Waals surface area contributed by atoms with Gasteiger partial charge in [0, 0.05) is 11.0 Å². The molecule has 15 heavy (non-hydrogen) atoms. The van der Waals surface area contributed by atoms with Gasteiger partial charge in [-0.3, -0.25) is 0 Å². The highest BCUT2D eigenvalue weighted by molar-refractivity contribution is 9.10. The first-order valence-corrected chi connectivity index (χ1v) is 6.09. The van der Waals surface area contributed by atoms with Crippen LogP contribution in [0.15, 0.2) is 22.7 Å². The van der Waals surface area contributed by atoms with Crippen LogP contribution in [0.1, 0.15) is 24.3 Å². The molecule has 1 aromatic carbocycles. The Bertz CT molecular complexity index is 353. The number of piperidine rings is 1. The zero-order valence-electron chi connectivity index (χ0n) is 8.84. The number of rotatable bonds is 1.